The van der Waals surface area contributed by atoms with Gasteiger partial charge in [0, 0.05) is 5.75 Å². The second-order valence-electron chi connectivity index (χ2n) is 4.70. The molecule has 1 aliphatic heterocycles. The fourth-order valence-electron chi connectivity index (χ4n) is 1.38. The van der Waals surface area contributed by atoms with Gasteiger partial charge < -0.3 is 9.84 Å². The Hall–Kier alpha value is -0.910. The minimum Gasteiger partial charge on any atom is -0.481 e. The van der Waals surface area contributed by atoms with Crippen LogP contribution in [0.5, 0.6) is 0 Å². The summed E-state index contributed by atoms with van der Waals surface area (Å²) in [6.45, 7) is 5.38. The van der Waals surface area contributed by atoms with Crippen molar-refractivity contribution in [3.8, 4) is 0 Å². The van der Waals surface area contributed by atoms with Gasteiger partial charge in [-0.1, -0.05) is 0 Å². The quantitative estimate of drug-likeness (QED) is 0.805. The molecule has 6 heteroatoms. The second-order valence-corrected chi connectivity index (χ2v) is 5.70. The van der Waals surface area contributed by atoms with E-state index < -0.39 is 17.7 Å². The number of rotatable bonds is 2. The van der Waals surface area contributed by atoms with Gasteiger partial charge in [-0.3, -0.25) is 9.69 Å². The van der Waals surface area contributed by atoms with E-state index in [1.54, 1.807) is 32.5 Å². The van der Waals surface area contributed by atoms with Gasteiger partial charge in [-0.15, -0.1) is 11.8 Å². The number of aliphatic carboxylic acids is 1. The maximum absolute atomic E-state index is 11.8. The smallest absolute Gasteiger partial charge is 0.411 e. The lowest BCUT2D eigenvalue weighted by Crippen LogP contribution is -2.41. The van der Waals surface area contributed by atoms with Gasteiger partial charge in [-0.2, -0.15) is 0 Å². The molecule has 1 aliphatic rings. The summed E-state index contributed by atoms with van der Waals surface area (Å²) in [6.07, 6.45) is -0.449. The molecule has 1 atom stereocenters. The zero-order chi connectivity index (χ0) is 12.3. The Morgan fingerprint density at radius 1 is 1.50 bits per heavy atom. The summed E-state index contributed by atoms with van der Waals surface area (Å²) in [6, 6.07) is -0.252. The summed E-state index contributed by atoms with van der Waals surface area (Å²) in [5.41, 5.74) is -0.544. The maximum Gasteiger partial charge on any atom is 0.411 e. The van der Waals surface area contributed by atoms with Crippen LogP contribution in [0.3, 0.4) is 0 Å². The van der Waals surface area contributed by atoms with Crippen LogP contribution in [0.25, 0.3) is 0 Å². The molecule has 1 heterocycles. The molecule has 0 spiro atoms. The number of carboxylic acids is 1. The molecule has 92 valence electrons. The molecule has 0 bridgehead atoms. The molecule has 0 aromatic heterocycles. The molecule has 0 aliphatic carbocycles. The fraction of sp³-hybridized carbons (Fsp3) is 0.800. The van der Waals surface area contributed by atoms with Gasteiger partial charge in [-0.05, 0) is 20.8 Å². The van der Waals surface area contributed by atoms with Crippen LogP contribution >= 0.6 is 11.8 Å². The van der Waals surface area contributed by atoms with Crippen LogP contribution in [0.15, 0.2) is 0 Å². The minimum atomic E-state index is -0.888. The molecule has 0 aromatic carbocycles. The predicted octanol–water partition coefficient (Wildman–Crippen LogP) is 1.77. The summed E-state index contributed by atoms with van der Waals surface area (Å²) in [5, 5.41) is 8.72. The van der Waals surface area contributed by atoms with Crippen LogP contribution in [-0.4, -0.2) is 45.3 Å². The van der Waals surface area contributed by atoms with Gasteiger partial charge in [0.1, 0.15) is 5.60 Å². The van der Waals surface area contributed by atoms with E-state index in [4.69, 9.17) is 9.84 Å². The first-order valence-electron chi connectivity index (χ1n) is 5.09. The molecule has 0 unspecified atom stereocenters. The number of hydrogen-bond donors (Lipinski definition) is 1. The highest BCUT2D eigenvalue weighted by atomic mass is 32.2. The predicted molar refractivity (Wildman–Crippen MR) is 61.4 cm³/mol. The average molecular weight is 247 g/mol. The summed E-state index contributed by atoms with van der Waals surface area (Å²) >= 11 is 1.55. The van der Waals surface area contributed by atoms with E-state index in [1.165, 1.54) is 4.90 Å². The minimum absolute atomic E-state index is 0.0216. The molecule has 1 rings (SSSR count). The number of thioether (sulfide) groups is 1. The van der Waals surface area contributed by atoms with E-state index >= 15 is 0 Å². The third-order valence-electron chi connectivity index (χ3n) is 2.02. The second kappa shape index (κ2) is 4.95. The van der Waals surface area contributed by atoms with E-state index in [0.717, 1.165) is 0 Å². The number of carboxylic acid groups (broad SMARTS) is 1. The summed E-state index contributed by atoms with van der Waals surface area (Å²) in [7, 11) is 0. The topological polar surface area (TPSA) is 66.8 Å². The molecule has 5 nitrogen and oxygen atoms in total. The summed E-state index contributed by atoms with van der Waals surface area (Å²) in [4.78, 5) is 23.9. The van der Waals surface area contributed by atoms with Crippen LogP contribution in [0.1, 0.15) is 27.2 Å². The van der Waals surface area contributed by atoms with Crippen molar-refractivity contribution in [3.05, 3.63) is 0 Å². The van der Waals surface area contributed by atoms with E-state index in [2.05, 4.69) is 0 Å². The molecule has 1 N–H and O–H groups in total. The first-order valence-corrected chi connectivity index (χ1v) is 6.24. The molecular weight excluding hydrogens is 230 g/mol. The van der Waals surface area contributed by atoms with Gasteiger partial charge in [-0.25, -0.2) is 4.79 Å². The molecule has 0 radical (unpaired) electrons. The first-order chi connectivity index (χ1) is 7.29. The Balaban J connectivity index is 2.57. The number of ether oxygens (including phenoxy) is 1. The standard InChI is InChI=1S/C10H17NO4S/c1-10(2,3)15-9(14)11-6-16-5-7(11)4-8(12)13/h7H,4-6H2,1-3H3,(H,12,13)/t7-/m0/s1. The van der Waals surface area contributed by atoms with Crippen molar-refractivity contribution in [2.24, 2.45) is 0 Å². The van der Waals surface area contributed by atoms with Gasteiger partial charge in [0.05, 0.1) is 18.3 Å². The SMILES string of the molecule is CC(C)(C)OC(=O)N1CSC[C@@H]1CC(=O)O. The third kappa shape index (κ3) is 3.92. The van der Waals surface area contributed by atoms with Gasteiger partial charge in [0.2, 0.25) is 0 Å². The van der Waals surface area contributed by atoms with Crippen molar-refractivity contribution in [2.45, 2.75) is 38.8 Å². The Morgan fingerprint density at radius 2 is 2.12 bits per heavy atom. The van der Waals surface area contributed by atoms with Crippen molar-refractivity contribution in [1.29, 1.82) is 0 Å². The molecule has 0 aromatic rings. The monoisotopic (exact) mass is 247 g/mol. The lowest BCUT2D eigenvalue weighted by Gasteiger charge is -2.27. The van der Waals surface area contributed by atoms with Gasteiger partial charge in [0.25, 0.3) is 0 Å². The largest absolute Gasteiger partial charge is 0.481 e. The lowest BCUT2D eigenvalue weighted by atomic mass is 10.2. The van der Waals surface area contributed by atoms with Crippen LogP contribution in [-0.2, 0) is 9.53 Å². The Labute approximate surface area is 99.1 Å². The Kier molecular flexibility index (Phi) is 4.07. The van der Waals surface area contributed by atoms with Crippen molar-refractivity contribution in [2.75, 3.05) is 11.6 Å². The van der Waals surface area contributed by atoms with Crippen LogP contribution in [0.4, 0.5) is 4.79 Å². The van der Waals surface area contributed by atoms with E-state index in [-0.39, 0.29) is 12.5 Å². The van der Waals surface area contributed by atoms with E-state index in [9.17, 15) is 9.59 Å². The summed E-state index contributed by atoms with van der Waals surface area (Å²) in [5.74, 6) is 0.277. The van der Waals surface area contributed by atoms with E-state index in [0.29, 0.717) is 11.6 Å². The van der Waals surface area contributed by atoms with Crippen molar-refractivity contribution < 1.29 is 19.4 Å². The highest BCUT2D eigenvalue weighted by Gasteiger charge is 2.33. The highest BCUT2D eigenvalue weighted by Crippen LogP contribution is 2.25. The number of nitrogens with zero attached hydrogens (tertiary/aromatic N) is 1. The van der Waals surface area contributed by atoms with Gasteiger partial charge in [0.15, 0.2) is 0 Å². The first kappa shape index (κ1) is 13.2. The maximum atomic E-state index is 11.8. The van der Waals surface area contributed by atoms with Crippen LogP contribution in [0, 0.1) is 0 Å². The zero-order valence-corrected chi connectivity index (χ0v) is 10.5. The van der Waals surface area contributed by atoms with Crippen LogP contribution in [0.2, 0.25) is 0 Å². The number of hydrogen-bond acceptors (Lipinski definition) is 4. The normalized spacial score (nSPS) is 20.9. The molecule has 16 heavy (non-hydrogen) atoms. The van der Waals surface area contributed by atoms with Crippen molar-refractivity contribution in [1.82, 2.24) is 4.90 Å². The van der Waals surface area contributed by atoms with E-state index in [1.807, 2.05) is 0 Å². The molecule has 0 saturated carbocycles. The molecule has 1 fully saturated rings. The molecule has 1 saturated heterocycles. The number of carbonyl (C=O) groups is 2. The fourth-order valence-corrected chi connectivity index (χ4v) is 2.56. The Bertz CT molecular complexity index is 287. The average Bonchev–Trinajstić information content (AvgIpc) is 2.47. The number of carbonyl (C=O) groups excluding carboxylic acids is 1. The summed E-state index contributed by atoms with van der Waals surface area (Å²) < 4.78 is 5.21. The van der Waals surface area contributed by atoms with Crippen molar-refractivity contribution >= 4 is 23.8 Å². The highest BCUT2D eigenvalue weighted by molar-refractivity contribution is 7.99. The molecule has 1 amide bonds. The van der Waals surface area contributed by atoms with Gasteiger partial charge >= 0.3 is 12.1 Å². The Morgan fingerprint density at radius 3 is 2.62 bits per heavy atom. The lowest BCUT2D eigenvalue weighted by molar-refractivity contribution is -0.137. The number of amides is 1. The zero-order valence-electron chi connectivity index (χ0n) is 9.73. The third-order valence-corrected chi connectivity index (χ3v) is 3.10. The van der Waals surface area contributed by atoms with Crippen molar-refractivity contribution in [3.63, 3.8) is 0 Å². The van der Waals surface area contributed by atoms with Crippen LogP contribution < -0.4 is 0 Å². The molecular formula is C10H17NO4S.